The van der Waals surface area contributed by atoms with Gasteiger partial charge in [0.25, 0.3) is 0 Å². The monoisotopic (exact) mass is 276 g/mol. The van der Waals surface area contributed by atoms with Gasteiger partial charge in [-0.25, -0.2) is 0 Å². The first kappa shape index (κ1) is 13.3. The Hall–Kier alpha value is -1.71. The van der Waals surface area contributed by atoms with Crippen LogP contribution in [0.3, 0.4) is 0 Å². The van der Waals surface area contributed by atoms with Crippen LogP contribution >= 0.6 is 0 Å². The van der Waals surface area contributed by atoms with E-state index in [1.54, 1.807) is 0 Å². The van der Waals surface area contributed by atoms with Crippen molar-refractivity contribution in [3.63, 3.8) is 0 Å². The molecule has 0 N–H and O–H groups in total. The van der Waals surface area contributed by atoms with Gasteiger partial charge in [0.2, 0.25) is 6.79 Å². The van der Waals surface area contributed by atoms with Gasteiger partial charge in [0.05, 0.1) is 12.5 Å². The third kappa shape index (κ3) is 2.60. The zero-order valence-corrected chi connectivity index (χ0v) is 11.8. The number of benzene rings is 1. The van der Waals surface area contributed by atoms with E-state index in [1.807, 2.05) is 13.0 Å². The van der Waals surface area contributed by atoms with Crippen LogP contribution in [-0.4, -0.2) is 19.4 Å². The van der Waals surface area contributed by atoms with Gasteiger partial charge in [0, 0.05) is 0 Å². The molecule has 0 saturated heterocycles. The number of esters is 1. The number of hydrogen-bond donors (Lipinski definition) is 0. The molecule has 1 aliphatic carbocycles. The number of hydrogen-bond acceptors (Lipinski definition) is 4. The van der Waals surface area contributed by atoms with Crippen LogP contribution in [-0.2, 0) is 9.53 Å². The molecule has 1 aliphatic heterocycles. The first-order chi connectivity index (χ1) is 9.78. The summed E-state index contributed by atoms with van der Waals surface area (Å²) in [5.74, 6) is 2.23. The lowest BCUT2D eigenvalue weighted by molar-refractivity contribution is -0.149. The molecule has 0 unspecified atom stereocenters. The highest BCUT2D eigenvalue weighted by molar-refractivity contribution is 5.72. The highest BCUT2D eigenvalue weighted by atomic mass is 16.7. The molecular formula is C16H20O4. The minimum Gasteiger partial charge on any atom is -0.466 e. The summed E-state index contributed by atoms with van der Waals surface area (Å²) in [4.78, 5) is 11.7. The number of rotatable bonds is 3. The highest BCUT2D eigenvalue weighted by Crippen LogP contribution is 2.40. The Morgan fingerprint density at radius 2 is 1.95 bits per heavy atom. The summed E-state index contributed by atoms with van der Waals surface area (Å²) in [6.45, 7) is 2.64. The molecule has 108 valence electrons. The van der Waals surface area contributed by atoms with E-state index in [4.69, 9.17) is 14.2 Å². The Labute approximate surface area is 119 Å². The molecule has 3 rings (SSSR count). The molecule has 2 aliphatic rings. The molecule has 1 aromatic carbocycles. The predicted octanol–water partition coefficient (Wildman–Crippen LogP) is 3.25. The molecule has 1 fully saturated rings. The maximum absolute atomic E-state index is 11.7. The number of carbonyl (C=O) groups excluding carboxylic acids is 1. The first-order valence-corrected chi connectivity index (χ1v) is 7.34. The zero-order chi connectivity index (χ0) is 13.9. The van der Waals surface area contributed by atoms with Crippen LogP contribution in [0.1, 0.15) is 44.1 Å². The van der Waals surface area contributed by atoms with Crippen molar-refractivity contribution in [1.82, 2.24) is 0 Å². The Morgan fingerprint density at radius 1 is 1.20 bits per heavy atom. The predicted molar refractivity (Wildman–Crippen MR) is 73.9 cm³/mol. The lowest BCUT2D eigenvalue weighted by Gasteiger charge is -2.27. The molecule has 0 bridgehead atoms. The van der Waals surface area contributed by atoms with Crippen molar-refractivity contribution in [2.24, 2.45) is 5.92 Å². The minimum atomic E-state index is -0.0309. The van der Waals surface area contributed by atoms with Crippen molar-refractivity contribution in [3.05, 3.63) is 23.8 Å². The van der Waals surface area contributed by atoms with Crippen molar-refractivity contribution in [1.29, 1.82) is 0 Å². The molecule has 1 aromatic rings. The Bertz CT molecular complexity index is 489. The molecule has 0 aromatic heterocycles. The molecule has 1 heterocycles. The SMILES string of the molecule is CCOC(=O)C1CCC(c2ccc3c(c2)OCO3)CC1. The van der Waals surface area contributed by atoms with Gasteiger partial charge in [0.15, 0.2) is 11.5 Å². The summed E-state index contributed by atoms with van der Waals surface area (Å²) in [6.07, 6.45) is 3.89. The van der Waals surface area contributed by atoms with E-state index >= 15 is 0 Å². The summed E-state index contributed by atoms with van der Waals surface area (Å²) >= 11 is 0. The van der Waals surface area contributed by atoms with Crippen LogP contribution < -0.4 is 9.47 Å². The highest BCUT2D eigenvalue weighted by Gasteiger charge is 2.28. The van der Waals surface area contributed by atoms with E-state index in [1.165, 1.54) is 5.56 Å². The molecule has 0 spiro atoms. The maximum atomic E-state index is 11.7. The van der Waals surface area contributed by atoms with Crippen LogP contribution in [0.25, 0.3) is 0 Å². The van der Waals surface area contributed by atoms with E-state index in [0.717, 1.165) is 37.2 Å². The molecule has 0 atom stereocenters. The number of carbonyl (C=O) groups is 1. The van der Waals surface area contributed by atoms with Crippen LogP contribution in [0.2, 0.25) is 0 Å². The smallest absolute Gasteiger partial charge is 0.308 e. The van der Waals surface area contributed by atoms with Crippen molar-refractivity contribution in [2.45, 2.75) is 38.5 Å². The molecule has 20 heavy (non-hydrogen) atoms. The summed E-state index contributed by atoms with van der Waals surface area (Å²) < 4.78 is 15.9. The van der Waals surface area contributed by atoms with Crippen molar-refractivity contribution in [2.75, 3.05) is 13.4 Å². The van der Waals surface area contributed by atoms with Crippen LogP contribution in [0.4, 0.5) is 0 Å². The van der Waals surface area contributed by atoms with Gasteiger partial charge in [0.1, 0.15) is 0 Å². The van der Waals surface area contributed by atoms with Crippen LogP contribution in [0, 0.1) is 5.92 Å². The number of ether oxygens (including phenoxy) is 3. The zero-order valence-electron chi connectivity index (χ0n) is 11.8. The van der Waals surface area contributed by atoms with Crippen LogP contribution in [0.5, 0.6) is 11.5 Å². The van der Waals surface area contributed by atoms with E-state index in [2.05, 4.69) is 12.1 Å². The second kappa shape index (κ2) is 5.73. The average Bonchev–Trinajstić information content (AvgIpc) is 2.95. The third-order valence-corrected chi connectivity index (χ3v) is 4.22. The maximum Gasteiger partial charge on any atom is 0.308 e. The lowest BCUT2D eigenvalue weighted by Crippen LogP contribution is -2.23. The average molecular weight is 276 g/mol. The van der Waals surface area contributed by atoms with E-state index < -0.39 is 0 Å². The van der Waals surface area contributed by atoms with Gasteiger partial charge in [-0.05, 0) is 56.2 Å². The van der Waals surface area contributed by atoms with Gasteiger partial charge < -0.3 is 14.2 Å². The molecule has 0 radical (unpaired) electrons. The lowest BCUT2D eigenvalue weighted by atomic mass is 9.78. The quantitative estimate of drug-likeness (QED) is 0.795. The molecule has 4 nitrogen and oxygen atoms in total. The largest absolute Gasteiger partial charge is 0.466 e. The summed E-state index contributed by atoms with van der Waals surface area (Å²) in [6, 6.07) is 6.18. The van der Waals surface area contributed by atoms with Gasteiger partial charge in [-0.3, -0.25) is 4.79 Å². The fraction of sp³-hybridized carbons (Fsp3) is 0.562. The van der Waals surface area contributed by atoms with Gasteiger partial charge in [-0.1, -0.05) is 6.07 Å². The summed E-state index contributed by atoms with van der Waals surface area (Å²) in [5.41, 5.74) is 1.29. The van der Waals surface area contributed by atoms with Gasteiger partial charge >= 0.3 is 5.97 Å². The third-order valence-electron chi connectivity index (χ3n) is 4.22. The molecule has 0 amide bonds. The Balaban J connectivity index is 1.62. The summed E-state index contributed by atoms with van der Waals surface area (Å²) in [5, 5.41) is 0. The first-order valence-electron chi connectivity index (χ1n) is 7.34. The second-order valence-electron chi connectivity index (χ2n) is 5.41. The minimum absolute atomic E-state index is 0.0309. The Kier molecular flexibility index (Phi) is 3.81. The van der Waals surface area contributed by atoms with Gasteiger partial charge in [-0.15, -0.1) is 0 Å². The van der Waals surface area contributed by atoms with Crippen molar-refractivity contribution in [3.8, 4) is 11.5 Å². The second-order valence-corrected chi connectivity index (χ2v) is 5.41. The Morgan fingerprint density at radius 3 is 2.70 bits per heavy atom. The van der Waals surface area contributed by atoms with Crippen LogP contribution in [0.15, 0.2) is 18.2 Å². The van der Waals surface area contributed by atoms with E-state index in [0.29, 0.717) is 19.3 Å². The topological polar surface area (TPSA) is 44.8 Å². The normalized spacial score (nSPS) is 24.4. The fourth-order valence-electron chi connectivity index (χ4n) is 3.09. The van der Waals surface area contributed by atoms with Crippen molar-refractivity contribution >= 4 is 5.97 Å². The number of fused-ring (bicyclic) bond motifs is 1. The summed E-state index contributed by atoms with van der Waals surface area (Å²) in [7, 11) is 0. The van der Waals surface area contributed by atoms with Crippen molar-refractivity contribution < 1.29 is 19.0 Å². The van der Waals surface area contributed by atoms with E-state index in [-0.39, 0.29) is 11.9 Å². The molecular weight excluding hydrogens is 256 g/mol. The van der Waals surface area contributed by atoms with Gasteiger partial charge in [-0.2, -0.15) is 0 Å². The standard InChI is InChI=1S/C16H20O4/c1-2-18-16(17)12-5-3-11(4-6-12)13-7-8-14-15(9-13)20-10-19-14/h7-9,11-12H,2-6,10H2,1H3. The molecule has 1 saturated carbocycles. The molecule has 4 heteroatoms. The van der Waals surface area contributed by atoms with E-state index in [9.17, 15) is 4.79 Å². The fourth-order valence-corrected chi connectivity index (χ4v) is 3.09.